The average Bonchev–Trinajstić information content (AvgIpc) is 1.90. The van der Waals surface area contributed by atoms with Gasteiger partial charge in [0.1, 0.15) is 0 Å². The van der Waals surface area contributed by atoms with Crippen molar-refractivity contribution in [2.45, 2.75) is 40.5 Å². The van der Waals surface area contributed by atoms with Gasteiger partial charge in [0.25, 0.3) is 0 Å². The standard InChI is InChI=1S/C9H19Cl/c1-5-8(6-2)9(3,4)7-10/h8H,5-7H2,1-4H3. The van der Waals surface area contributed by atoms with Gasteiger partial charge in [-0.1, -0.05) is 40.5 Å². The van der Waals surface area contributed by atoms with Crippen molar-refractivity contribution in [3.8, 4) is 0 Å². The third-order valence-electron chi connectivity index (χ3n) is 2.44. The average molecular weight is 163 g/mol. The molecule has 10 heavy (non-hydrogen) atoms. The van der Waals surface area contributed by atoms with Crippen LogP contribution < -0.4 is 0 Å². The largest absolute Gasteiger partial charge is 0.126 e. The van der Waals surface area contributed by atoms with E-state index in [1.165, 1.54) is 12.8 Å². The maximum absolute atomic E-state index is 5.85. The SMILES string of the molecule is CCC(CC)C(C)(C)CCl. The molecule has 0 N–H and O–H groups in total. The second kappa shape index (κ2) is 4.23. The lowest BCUT2D eigenvalue weighted by atomic mass is 9.77. The van der Waals surface area contributed by atoms with Crippen LogP contribution in [0.2, 0.25) is 0 Å². The molecule has 0 spiro atoms. The van der Waals surface area contributed by atoms with E-state index < -0.39 is 0 Å². The first-order valence-electron chi connectivity index (χ1n) is 4.14. The van der Waals surface area contributed by atoms with Crippen LogP contribution in [-0.2, 0) is 0 Å². The molecule has 0 radical (unpaired) electrons. The van der Waals surface area contributed by atoms with Crippen molar-refractivity contribution in [2.75, 3.05) is 5.88 Å². The Labute approximate surface area is 70.0 Å². The first kappa shape index (κ1) is 10.3. The fraction of sp³-hybridized carbons (Fsp3) is 1.00. The molecule has 0 aromatic heterocycles. The number of hydrogen-bond donors (Lipinski definition) is 0. The molecule has 0 nitrogen and oxygen atoms in total. The molecule has 0 saturated carbocycles. The van der Waals surface area contributed by atoms with E-state index in [0.29, 0.717) is 5.41 Å². The second-order valence-corrected chi connectivity index (χ2v) is 3.90. The predicted octanol–water partition coefficient (Wildman–Crippen LogP) is 3.69. The van der Waals surface area contributed by atoms with E-state index >= 15 is 0 Å². The van der Waals surface area contributed by atoms with E-state index in [1.807, 2.05) is 0 Å². The molecule has 0 aromatic rings. The molecule has 1 heteroatoms. The van der Waals surface area contributed by atoms with Crippen molar-refractivity contribution in [3.05, 3.63) is 0 Å². The monoisotopic (exact) mass is 162 g/mol. The third kappa shape index (κ3) is 2.49. The van der Waals surface area contributed by atoms with Crippen LogP contribution in [0.1, 0.15) is 40.5 Å². The summed E-state index contributed by atoms with van der Waals surface area (Å²) in [6.45, 7) is 8.97. The quantitative estimate of drug-likeness (QED) is 0.554. The van der Waals surface area contributed by atoms with E-state index in [2.05, 4.69) is 27.7 Å². The van der Waals surface area contributed by atoms with Gasteiger partial charge in [-0.05, 0) is 11.3 Å². The molecule has 0 fully saturated rings. The first-order valence-corrected chi connectivity index (χ1v) is 4.67. The molecule has 62 valence electrons. The summed E-state index contributed by atoms with van der Waals surface area (Å²) in [5, 5.41) is 0. The van der Waals surface area contributed by atoms with Gasteiger partial charge in [0.15, 0.2) is 0 Å². The van der Waals surface area contributed by atoms with Crippen LogP contribution in [-0.4, -0.2) is 5.88 Å². The van der Waals surface area contributed by atoms with E-state index in [-0.39, 0.29) is 0 Å². The zero-order valence-electron chi connectivity index (χ0n) is 7.58. The van der Waals surface area contributed by atoms with Gasteiger partial charge < -0.3 is 0 Å². The van der Waals surface area contributed by atoms with Crippen molar-refractivity contribution in [1.29, 1.82) is 0 Å². The summed E-state index contributed by atoms with van der Waals surface area (Å²) in [5.74, 6) is 1.56. The molecule has 0 rings (SSSR count). The summed E-state index contributed by atoms with van der Waals surface area (Å²) in [6, 6.07) is 0. The van der Waals surface area contributed by atoms with Crippen molar-refractivity contribution in [2.24, 2.45) is 11.3 Å². The van der Waals surface area contributed by atoms with Gasteiger partial charge in [0.05, 0.1) is 0 Å². The Kier molecular flexibility index (Phi) is 4.35. The van der Waals surface area contributed by atoms with E-state index in [1.54, 1.807) is 0 Å². The van der Waals surface area contributed by atoms with Gasteiger partial charge in [0, 0.05) is 5.88 Å². The van der Waals surface area contributed by atoms with Crippen LogP contribution in [0.5, 0.6) is 0 Å². The molecule has 0 aliphatic carbocycles. The van der Waals surface area contributed by atoms with Crippen molar-refractivity contribution in [1.82, 2.24) is 0 Å². The summed E-state index contributed by atoms with van der Waals surface area (Å²) in [4.78, 5) is 0. The van der Waals surface area contributed by atoms with Crippen LogP contribution >= 0.6 is 11.6 Å². The van der Waals surface area contributed by atoms with Gasteiger partial charge >= 0.3 is 0 Å². The lowest BCUT2D eigenvalue weighted by Crippen LogP contribution is -2.24. The molecule has 0 saturated heterocycles. The minimum absolute atomic E-state index is 0.324. The minimum Gasteiger partial charge on any atom is -0.126 e. The molecule has 0 aliphatic heterocycles. The number of alkyl halides is 1. The molecular weight excluding hydrogens is 144 g/mol. The van der Waals surface area contributed by atoms with Crippen LogP contribution in [0.4, 0.5) is 0 Å². The van der Waals surface area contributed by atoms with Gasteiger partial charge in [-0.25, -0.2) is 0 Å². The highest BCUT2D eigenvalue weighted by Gasteiger charge is 2.25. The first-order chi connectivity index (χ1) is 4.58. The fourth-order valence-corrected chi connectivity index (χ4v) is 1.72. The highest BCUT2D eigenvalue weighted by atomic mass is 35.5. The lowest BCUT2D eigenvalue weighted by molar-refractivity contribution is 0.230. The molecule has 0 aliphatic rings. The maximum atomic E-state index is 5.85. The smallest absolute Gasteiger partial charge is 0.0277 e. The molecule has 0 bridgehead atoms. The van der Waals surface area contributed by atoms with Crippen LogP contribution in [0.15, 0.2) is 0 Å². The second-order valence-electron chi connectivity index (χ2n) is 3.64. The Morgan fingerprint density at radius 2 is 1.60 bits per heavy atom. The van der Waals surface area contributed by atoms with Gasteiger partial charge in [0.2, 0.25) is 0 Å². The highest BCUT2D eigenvalue weighted by Crippen LogP contribution is 2.32. The van der Waals surface area contributed by atoms with Gasteiger partial charge in [-0.15, -0.1) is 11.6 Å². The lowest BCUT2D eigenvalue weighted by Gasteiger charge is -2.30. The van der Waals surface area contributed by atoms with Gasteiger partial charge in [-0.2, -0.15) is 0 Å². The predicted molar refractivity (Wildman–Crippen MR) is 48.6 cm³/mol. The van der Waals surface area contributed by atoms with Crippen LogP contribution in [0, 0.1) is 11.3 Å². The summed E-state index contributed by atoms with van der Waals surface area (Å²) in [6.07, 6.45) is 2.49. The minimum atomic E-state index is 0.324. The maximum Gasteiger partial charge on any atom is 0.0277 e. The zero-order valence-corrected chi connectivity index (χ0v) is 8.33. The van der Waals surface area contributed by atoms with Crippen LogP contribution in [0.25, 0.3) is 0 Å². The molecule has 0 unspecified atom stereocenters. The third-order valence-corrected chi connectivity index (χ3v) is 3.12. The molecule has 0 amide bonds. The Balaban J connectivity index is 3.97. The molecular formula is C9H19Cl. The highest BCUT2D eigenvalue weighted by molar-refractivity contribution is 6.18. The number of halogens is 1. The Morgan fingerprint density at radius 1 is 1.20 bits per heavy atom. The summed E-state index contributed by atoms with van der Waals surface area (Å²) in [5.41, 5.74) is 0.324. The molecule has 0 atom stereocenters. The summed E-state index contributed by atoms with van der Waals surface area (Å²) >= 11 is 5.85. The fourth-order valence-electron chi connectivity index (χ4n) is 1.50. The summed E-state index contributed by atoms with van der Waals surface area (Å²) < 4.78 is 0. The number of rotatable bonds is 4. The molecule has 0 heterocycles. The Morgan fingerprint density at radius 3 is 1.70 bits per heavy atom. The van der Waals surface area contributed by atoms with Gasteiger partial charge in [-0.3, -0.25) is 0 Å². The Hall–Kier alpha value is 0.290. The van der Waals surface area contributed by atoms with E-state index in [4.69, 9.17) is 11.6 Å². The summed E-state index contributed by atoms with van der Waals surface area (Å²) in [7, 11) is 0. The van der Waals surface area contributed by atoms with Crippen molar-refractivity contribution < 1.29 is 0 Å². The van der Waals surface area contributed by atoms with Crippen molar-refractivity contribution >= 4 is 11.6 Å². The van der Waals surface area contributed by atoms with E-state index in [9.17, 15) is 0 Å². The van der Waals surface area contributed by atoms with Crippen LogP contribution in [0.3, 0.4) is 0 Å². The normalized spacial score (nSPS) is 12.6. The van der Waals surface area contributed by atoms with Crippen molar-refractivity contribution in [3.63, 3.8) is 0 Å². The van der Waals surface area contributed by atoms with E-state index in [0.717, 1.165) is 11.8 Å². The Bertz CT molecular complexity index is 82.7. The number of hydrogen-bond acceptors (Lipinski definition) is 0. The topological polar surface area (TPSA) is 0 Å². The zero-order chi connectivity index (χ0) is 8.20. The molecule has 0 aromatic carbocycles.